The van der Waals surface area contributed by atoms with Crippen LogP contribution in [-0.4, -0.2) is 25.0 Å². The molecular weight excluding hydrogens is 408 g/mol. The standard InChI is InChI=1S/C24H17ClN6/c25-19-13-11-16(12-14-19)20-15-21(26)31(30-20)24-27-22(17-7-3-1-4-8-17)23(28-29-24)18-9-5-2-6-10-18/h1-15H,26H2. The number of nitrogens with zero attached hydrogens (tertiary/aromatic N) is 5. The van der Waals surface area contributed by atoms with Crippen LogP contribution in [0, 0.1) is 0 Å². The van der Waals surface area contributed by atoms with Crippen molar-refractivity contribution in [1.29, 1.82) is 0 Å². The number of halogens is 1. The zero-order chi connectivity index (χ0) is 21.2. The summed E-state index contributed by atoms with van der Waals surface area (Å²) in [6, 6.07) is 28.9. The summed E-state index contributed by atoms with van der Waals surface area (Å²) in [6.45, 7) is 0. The van der Waals surface area contributed by atoms with Crippen LogP contribution in [-0.2, 0) is 0 Å². The van der Waals surface area contributed by atoms with E-state index < -0.39 is 0 Å². The SMILES string of the molecule is Nc1cc(-c2ccc(Cl)cc2)nn1-c1nnc(-c2ccccc2)c(-c2ccccc2)n1. The maximum Gasteiger partial charge on any atom is 0.272 e. The molecule has 0 aliphatic rings. The minimum absolute atomic E-state index is 0.302. The van der Waals surface area contributed by atoms with Crippen LogP contribution in [0.15, 0.2) is 91.0 Å². The second-order valence-corrected chi connectivity index (χ2v) is 7.35. The van der Waals surface area contributed by atoms with E-state index in [0.29, 0.717) is 33.9 Å². The Bertz CT molecular complexity index is 1330. The molecule has 0 fully saturated rings. The Hall–Kier alpha value is -4.03. The van der Waals surface area contributed by atoms with Crippen LogP contribution in [0.5, 0.6) is 0 Å². The summed E-state index contributed by atoms with van der Waals surface area (Å²) in [4.78, 5) is 4.80. The van der Waals surface area contributed by atoms with Gasteiger partial charge in [-0.1, -0.05) is 84.4 Å². The third-order valence-corrected chi connectivity index (χ3v) is 5.09. The molecule has 31 heavy (non-hydrogen) atoms. The molecule has 2 heterocycles. The quantitative estimate of drug-likeness (QED) is 0.423. The maximum atomic E-state index is 6.25. The van der Waals surface area contributed by atoms with Crippen LogP contribution in [0.4, 0.5) is 5.82 Å². The van der Waals surface area contributed by atoms with Crippen molar-refractivity contribution in [3.05, 3.63) is 96.0 Å². The predicted molar refractivity (Wildman–Crippen MR) is 123 cm³/mol. The van der Waals surface area contributed by atoms with Gasteiger partial charge in [0.15, 0.2) is 0 Å². The van der Waals surface area contributed by atoms with Gasteiger partial charge in [-0.25, -0.2) is 4.98 Å². The number of rotatable bonds is 4. The minimum Gasteiger partial charge on any atom is -0.383 e. The van der Waals surface area contributed by atoms with Crippen molar-refractivity contribution in [2.75, 3.05) is 5.73 Å². The number of aromatic nitrogens is 5. The molecule has 0 bridgehead atoms. The summed E-state index contributed by atoms with van der Waals surface area (Å²) in [7, 11) is 0. The van der Waals surface area contributed by atoms with E-state index >= 15 is 0 Å². The van der Waals surface area contributed by atoms with Crippen LogP contribution in [0.1, 0.15) is 0 Å². The summed E-state index contributed by atoms with van der Waals surface area (Å²) >= 11 is 5.99. The fourth-order valence-corrected chi connectivity index (χ4v) is 3.44. The third-order valence-electron chi connectivity index (χ3n) is 4.84. The highest BCUT2D eigenvalue weighted by atomic mass is 35.5. The molecule has 0 radical (unpaired) electrons. The van der Waals surface area contributed by atoms with E-state index in [2.05, 4.69) is 15.3 Å². The largest absolute Gasteiger partial charge is 0.383 e. The van der Waals surface area contributed by atoms with Crippen molar-refractivity contribution < 1.29 is 0 Å². The topological polar surface area (TPSA) is 82.5 Å². The number of hydrogen-bond donors (Lipinski definition) is 1. The van der Waals surface area contributed by atoms with Gasteiger partial charge in [0.2, 0.25) is 0 Å². The highest BCUT2D eigenvalue weighted by Crippen LogP contribution is 2.29. The molecule has 5 rings (SSSR count). The molecule has 0 spiro atoms. The van der Waals surface area contributed by atoms with Crippen LogP contribution in [0.3, 0.4) is 0 Å². The van der Waals surface area contributed by atoms with E-state index in [-0.39, 0.29) is 0 Å². The highest BCUT2D eigenvalue weighted by Gasteiger charge is 2.17. The van der Waals surface area contributed by atoms with E-state index in [9.17, 15) is 0 Å². The second kappa shape index (κ2) is 8.01. The Balaban J connectivity index is 1.64. The molecule has 0 aliphatic carbocycles. The zero-order valence-electron chi connectivity index (χ0n) is 16.4. The summed E-state index contributed by atoms with van der Waals surface area (Å²) in [5.74, 6) is 0.717. The number of nitrogens with two attached hydrogens (primary N) is 1. The fourth-order valence-electron chi connectivity index (χ4n) is 3.31. The Kier molecular flexibility index (Phi) is 4.90. The van der Waals surface area contributed by atoms with E-state index in [1.165, 1.54) is 4.68 Å². The van der Waals surface area contributed by atoms with Crippen molar-refractivity contribution in [3.63, 3.8) is 0 Å². The molecule has 7 heteroatoms. The molecule has 2 N–H and O–H groups in total. The normalized spacial score (nSPS) is 10.9. The van der Waals surface area contributed by atoms with Gasteiger partial charge < -0.3 is 5.73 Å². The molecule has 0 aliphatic heterocycles. The Labute approximate surface area is 184 Å². The molecule has 0 unspecified atom stereocenters. The van der Waals surface area contributed by atoms with Crippen LogP contribution < -0.4 is 5.73 Å². The van der Waals surface area contributed by atoms with Gasteiger partial charge in [-0.15, -0.1) is 10.2 Å². The summed E-state index contributed by atoms with van der Waals surface area (Å²) in [5.41, 5.74) is 11.1. The summed E-state index contributed by atoms with van der Waals surface area (Å²) in [5, 5.41) is 14.1. The van der Waals surface area contributed by atoms with Crippen molar-refractivity contribution in [1.82, 2.24) is 25.0 Å². The van der Waals surface area contributed by atoms with E-state index in [0.717, 1.165) is 16.7 Å². The molecule has 6 nitrogen and oxygen atoms in total. The molecule has 0 saturated carbocycles. The first-order valence-electron chi connectivity index (χ1n) is 9.66. The first-order chi connectivity index (χ1) is 15.2. The Morgan fingerprint density at radius 3 is 1.94 bits per heavy atom. The highest BCUT2D eigenvalue weighted by molar-refractivity contribution is 6.30. The van der Waals surface area contributed by atoms with Crippen molar-refractivity contribution in [2.45, 2.75) is 0 Å². The van der Waals surface area contributed by atoms with Crippen LogP contribution in [0.2, 0.25) is 5.02 Å². The van der Waals surface area contributed by atoms with Gasteiger partial charge in [-0.3, -0.25) is 0 Å². The maximum absolute atomic E-state index is 6.25. The molecule has 0 saturated heterocycles. The Morgan fingerprint density at radius 2 is 1.29 bits per heavy atom. The van der Waals surface area contributed by atoms with Crippen molar-refractivity contribution >= 4 is 17.4 Å². The lowest BCUT2D eigenvalue weighted by Crippen LogP contribution is -2.09. The molecule has 2 aromatic heterocycles. The number of nitrogen functional groups attached to an aromatic ring is 1. The molecule has 0 amide bonds. The molecular formula is C24H17ClN6. The number of anilines is 1. The predicted octanol–water partition coefficient (Wildman–Crippen LogP) is 5.29. The lowest BCUT2D eigenvalue weighted by atomic mass is 10.0. The van der Waals surface area contributed by atoms with E-state index in [1.54, 1.807) is 6.07 Å². The van der Waals surface area contributed by atoms with Gasteiger partial charge in [-0.05, 0) is 12.1 Å². The van der Waals surface area contributed by atoms with Gasteiger partial charge in [0.25, 0.3) is 5.95 Å². The van der Waals surface area contributed by atoms with Gasteiger partial charge in [0.1, 0.15) is 17.2 Å². The van der Waals surface area contributed by atoms with E-state index in [4.69, 9.17) is 22.3 Å². The van der Waals surface area contributed by atoms with E-state index in [1.807, 2.05) is 84.9 Å². The smallest absolute Gasteiger partial charge is 0.272 e. The lowest BCUT2D eigenvalue weighted by Gasteiger charge is -2.10. The Morgan fingerprint density at radius 1 is 0.677 bits per heavy atom. The molecule has 3 aromatic carbocycles. The average molecular weight is 425 g/mol. The molecule has 5 aromatic rings. The van der Waals surface area contributed by atoms with Crippen LogP contribution >= 0.6 is 11.6 Å². The number of benzene rings is 3. The first-order valence-corrected chi connectivity index (χ1v) is 10.0. The number of hydrogen-bond acceptors (Lipinski definition) is 5. The van der Waals surface area contributed by atoms with Gasteiger partial charge in [0, 0.05) is 27.8 Å². The summed E-state index contributed by atoms with van der Waals surface area (Å²) in [6.07, 6.45) is 0. The van der Waals surface area contributed by atoms with Gasteiger partial charge in [-0.2, -0.15) is 9.78 Å². The molecule has 150 valence electrons. The monoisotopic (exact) mass is 424 g/mol. The van der Waals surface area contributed by atoms with Crippen molar-refractivity contribution in [2.24, 2.45) is 0 Å². The second-order valence-electron chi connectivity index (χ2n) is 6.91. The first kappa shape index (κ1) is 19.0. The van der Waals surface area contributed by atoms with Gasteiger partial charge in [0.05, 0.1) is 5.69 Å². The van der Waals surface area contributed by atoms with Crippen molar-refractivity contribution in [3.8, 4) is 39.7 Å². The third kappa shape index (κ3) is 3.76. The zero-order valence-corrected chi connectivity index (χ0v) is 17.1. The van der Waals surface area contributed by atoms with Crippen LogP contribution in [0.25, 0.3) is 39.7 Å². The molecule has 0 atom stereocenters. The average Bonchev–Trinajstić information content (AvgIpc) is 3.22. The summed E-state index contributed by atoms with van der Waals surface area (Å²) < 4.78 is 1.50. The van der Waals surface area contributed by atoms with Gasteiger partial charge >= 0.3 is 0 Å². The lowest BCUT2D eigenvalue weighted by molar-refractivity contribution is 0.787. The minimum atomic E-state index is 0.302. The fraction of sp³-hybridized carbons (Fsp3) is 0.